The lowest BCUT2D eigenvalue weighted by Crippen LogP contribution is -2.03. The summed E-state index contributed by atoms with van der Waals surface area (Å²) in [5, 5.41) is 3.33. The molecule has 0 bridgehead atoms. The standard InChI is InChI=1S/C8H15NS/c1-4-6(2)8-7(3)9-5-10-8/h6,9H,4-5H2,1-3H3. The van der Waals surface area contributed by atoms with Gasteiger partial charge < -0.3 is 5.32 Å². The average Bonchev–Trinajstić information content (AvgIpc) is 2.34. The van der Waals surface area contributed by atoms with Crippen LogP contribution < -0.4 is 5.32 Å². The van der Waals surface area contributed by atoms with Crippen LogP contribution in [0.25, 0.3) is 0 Å². The van der Waals surface area contributed by atoms with Crippen LogP contribution in [0, 0.1) is 5.92 Å². The summed E-state index contributed by atoms with van der Waals surface area (Å²) in [7, 11) is 0. The van der Waals surface area contributed by atoms with E-state index in [-0.39, 0.29) is 0 Å². The van der Waals surface area contributed by atoms with Crippen molar-refractivity contribution in [1.82, 2.24) is 5.32 Å². The van der Waals surface area contributed by atoms with Crippen LogP contribution in [-0.4, -0.2) is 5.88 Å². The van der Waals surface area contributed by atoms with Gasteiger partial charge in [0.2, 0.25) is 0 Å². The maximum Gasteiger partial charge on any atom is 0.0651 e. The second-order valence-electron chi connectivity index (χ2n) is 2.76. The predicted octanol–water partition coefficient (Wildman–Crippen LogP) is 2.56. The molecule has 0 fully saturated rings. The number of thioether (sulfide) groups is 1. The molecule has 1 unspecified atom stereocenters. The molecule has 1 N–H and O–H groups in total. The van der Waals surface area contributed by atoms with Gasteiger partial charge in [0.1, 0.15) is 0 Å². The van der Waals surface area contributed by atoms with Gasteiger partial charge in [0.15, 0.2) is 0 Å². The Balaban J connectivity index is 2.61. The molecule has 1 rings (SSSR count). The third-order valence-electron chi connectivity index (χ3n) is 1.99. The number of allylic oxidation sites excluding steroid dienone is 2. The van der Waals surface area contributed by atoms with Gasteiger partial charge in [-0.05, 0) is 19.3 Å². The molecular weight excluding hydrogens is 142 g/mol. The van der Waals surface area contributed by atoms with Gasteiger partial charge in [-0.15, -0.1) is 11.8 Å². The molecule has 1 nitrogen and oxygen atoms in total. The van der Waals surface area contributed by atoms with Gasteiger partial charge in [-0.3, -0.25) is 0 Å². The van der Waals surface area contributed by atoms with Crippen LogP contribution in [0.1, 0.15) is 27.2 Å². The number of hydrogen-bond donors (Lipinski definition) is 1. The maximum atomic E-state index is 3.33. The predicted molar refractivity (Wildman–Crippen MR) is 47.7 cm³/mol. The van der Waals surface area contributed by atoms with E-state index in [0.717, 1.165) is 11.8 Å². The van der Waals surface area contributed by atoms with E-state index >= 15 is 0 Å². The second kappa shape index (κ2) is 3.33. The summed E-state index contributed by atoms with van der Waals surface area (Å²) in [5.41, 5.74) is 1.39. The van der Waals surface area contributed by atoms with E-state index in [4.69, 9.17) is 0 Å². The molecular formula is C8H15NS. The molecule has 0 aliphatic carbocycles. The van der Waals surface area contributed by atoms with E-state index in [1.165, 1.54) is 12.1 Å². The van der Waals surface area contributed by atoms with E-state index in [9.17, 15) is 0 Å². The Morgan fingerprint density at radius 2 is 2.40 bits per heavy atom. The Morgan fingerprint density at radius 3 is 2.80 bits per heavy atom. The number of rotatable bonds is 2. The first-order valence-electron chi connectivity index (χ1n) is 3.83. The lowest BCUT2D eigenvalue weighted by atomic mass is 10.1. The van der Waals surface area contributed by atoms with Crippen LogP contribution in [0.15, 0.2) is 10.6 Å². The molecule has 0 saturated heterocycles. The fourth-order valence-electron chi connectivity index (χ4n) is 1.11. The summed E-state index contributed by atoms with van der Waals surface area (Å²) in [4.78, 5) is 1.56. The van der Waals surface area contributed by atoms with Crippen molar-refractivity contribution in [3.63, 3.8) is 0 Å². The van der Waals surface area contributed by atoms with Gasteiger partial charge in [-0.2, -0.15) is 0 Å². The lowest BCUT2D eigenvalue weighted by Gasteiger charge is -2.08. The molecule has 1 atom stereocenters. The van der Waals surface area contributed by atoms with Gasteiger partial charge in [0, 0.05) is 10.6 Å². The summed E-state index contributed by atoms with van der Waals surface area (Å²) >= 11 is 1.95. The first kappa shape index (κ1) is 7.99. The zero-order valence-corrected chi connectivity index (χ0v) is 7.72. The van der Waals surface area contributed by atoms with E-state index in [0.29, 0.717) is 0 Å². The molecule has 0 aromatic heterocycles. The number of nitrogens with one attached hydrogen (secondary N) is 1. The third kappa shape index (κ3) is 1.48. The summed E-state index contributed by atoms with van der Waals surface area (Å²) < 4.78 is 0. The highest BCUT2D eigenvalue weighted by Gasteiger charge is 2.15. The highest BCUT2D eigenvalue weighted by molar-refractivity contribution is 8.03. The second-order valence-corrected chi connectivity index (χ2v) is 3.78. The third-order valence-corrected chi connectivity index (χ3v) is 3.30. The molecule has 0 spiro atoms. The van der Waals surface area contributed by atoms with E-state index < -0.39 is 0 Å². The minimum absolute atomic E-state index is 0.750. The summed E-state index contributed by atoms with van der Waals surface area (Å²) in [6, 6.07) is 0. The van der Waals surface area contributed by atoms with Crippen LogP contribution >= 0.6 is 11.8 Å². The Labute approximate surface area is 67.3 Å². The maximum absolute atomic E-state index is 3.33. The van der Waals surface area contributed by atoms with Gasteiger partial charge in [0.25, 0.3) is 0 Å². The monoisotopic (exact) mass is 157 g/mol. The zero-order chi connectivity index (χ0) is 7.56. The Kier molecular flexibility index (Phi) is 2.66. The van der Waals surface area contributed by atoms with Crippen LogP contribution in [-0.2, 0) is 0 Å². The van der Waals surface area contributed by atoms with Crippen LogP contribution in [0.4, 0.5) is 0 Å². The van der Waals surface area contributed by atoms with Crippen molar-refractivity contribution >= 4 is 11.8 Å². The van der Waals surface area contributed by atoms with E-state index in [1.54, 1.807) is 4.91 Å². The fraction of sp³-hybridized carbons (Fsp3) is 0.750. The van der Waals surface area contributed by atoms with Crippen molar-refractivity contribution in [2.45, 2.75) is 27.2 Å². The Morgan fingerprint density at radius 1 is 1.70 bits per heavy atom. The molecule has 2 heteroatoms. The largest absolute Gasteiger partial charge is 0.379 e. The van der Waals surface area contributed by atoms with Crippen LogP contribution in [0.2, 0.25) is 0 Å². The van der Waals surface area contributed by atoms with Crippen LogP contribution in [0.5, 0.6) is 0 Å². The van der Waals surface area contributed by atoms with Crippen molar-refractivity contribution in [1.29, 1.82) is 0 Å². The number of hydrogen-bond acceptors (Lipinski definition) is 2. The highest BCUT2D eigenvalue weighted by atomic mass is 32.2. The van der Waals surface area contributed by atoms with Gasteiger partial charge >= 0.3 is 0 Å². The first-order chi connectivity index (χ1) is 4.75. The van der Waals surface area contributed by atoms with Crippen molar-refractivity contribution in [3.05, 3.63) is 10.6 Å². The smallest absolute Gasteiger partial charge is 0.0651 e. The molecule has 0 amide bonds. The zero-order valence-electron chi connectivity index (χ0n) is 6.90. The van der Waals surface area contributed by atoms with Crippen molar-refractivity contribution in [2.75, 3.05) is 5.88 Å². The highest BCUT2D eigenvalue weighted by Crippen LogP contribution is 2.32. The molecule has 58 valence electrons. The molecule has 1 heterocycles. The molecule has 0 saturated carbocycles. The SMILES string of the molecule is CCC(C)C1=C(C)NCS1. The van der Waals surface area contributed by atoms with Crippen molar-refractivity contribution in [2.24, 2.45) is 5.92 Å². The van der Waals surface area contributed by atoms with Gasteiger partial charge in [-0.1, -0.05) is 13.8 Å². The summed E-state index contributed by atoms with van der Waals surface area (Å²) in [6.07, 6.45) is 1.25. The molecule has 0 aromatic carbocycles. The summed E-state index contributed by atoms with van der Waals surface area (Å²) in [6.45, 7) is 6.70. The molecule has 0 aromatic rings. The van der Waals surface area contributed by atoms with Crippen molar-refractivity contribution < 1.29 is 0 Å². The minimum atomic E-state index is 0.750. The summed E-state index contributed by atoms with van der Waals surface area (Å²) in [5.74, 6) is 1.82. The van der Waals surface area contributed by atoms with Gasteiger partial charge in [-0.25, -0.2) is 0 Å². The van der Waals surface area contributed by atoms with Crippen molar-refractivity contribution in [3.8, 4) is 0 Å². The fourth-order valence-corrected chi connectivity index (χ4v) is 2.30. The molecule has 10 heavy (non-hydrogen) atoms. The topological polar surface area (TPSA) is 12.0 Å². The normalized spacial score (nSPS) is 21.1. The minimum Gasteiger partial charge on any atom is -0.379 e. The molecule has 1 aliphatic heterocycles. The Bertz CT molecular complexity index is 151. The lowest BCUT2D eigenvalue weighted by molar-refractivity contribution is 0.679. The van der Waals surface area contributed by atoms with E-state index in [1.807, 2.05) is 11.8 Å². The first-order valence-corrected chi connectivity index (χ1v) is 4.81. The average molecular weight is 157 g/mol. The quantitative estimate of drug-likeness (QED) is 0.661. The van der Waals surface area contributed by atoms with Gasteiger partial charge in [0.05, 0.1) is 5.88 Å². The molecule has 1 aliphatic rings. The van der Waals surface area contributed by atoms with Crippen LogP contribution in [0.3, 0.4) is 0 Å². The Hall–Kier alpha value is -0.110. The molecule has 0 radical (unpaired) electrons. The van der Waals surface area contributed by atoms with E-state index in [2.05, 4.69) is 26.1 Å².